The Morgan fingerprint density at radius 1 is 0.914 bits per heavy atom. The van der Waals surface area contributed by atoms with Crippen LogP contribution in [0.25, 0.3) is 22.6 Å². The van der Waals surface area contributed by atoms with Crippen molar-refractivity contribution in [3.8, 4) is 11.5 Å². The van der Waals surface area contributed by atoms with Crippen molar-refractivity contribution in [3.05, 3.63) is 77.1 Å². The van der Waals surface area contributed by atoms with E-state index >= 15 is 0 Å². The van der Waals surface area contributed by atoms with Crippen LogP contribution in [0.3, 0.4) is 0 Å². The second-order valence-corrected chi connectivity index (χ2v) is 7.65. The number of alkyl halides is 7. The molecule has 2 aromatic heterocycles. The number of amides is 1. The van der Waals surface area contributed by atoms with E-state index in [1.54, 1.807) is 0 Å². The van der Waals surface area contributed by atoms with E-state index in [9.17, 15) is 35.5 Å². The van der Waals surface area contributed by atoms with Gasteiger partial charge in [-0.3, -0.25) is 4.79 Å². The summed E-state index contributed by atoms with van der Waals surface area (Å²) in [5, 5.41) is 2.79. The van der Waals surface area contributed by atoms with Crippen LogP contribution in [-0.4, -0.2) is 28.2 Å². The van der Waals surface area contributed by atoms with E-state index in [1.165, 1.54) is 42.6 Å². The molecule has 0 aliphatic carbocycles. The van der Waals surface area contributed by atoms with Crippen molar-refractivity contribution in [2.75, 3.05) is 5.32 Å². The Kier molecular flexibility index (Phi) is 5.95. The third-order valence-corrected chi connectivity index (χ3v) is 5.15. The molecule has 1 amide bonds. The second kappa shape index (κ2) is 8.52. The van der Waals surface area contributed by atoms with Gasteiger partial charge in [0.2, 0.25) is 5.89 Å². The van der Waals surface area contributed by atoms with E-state index in [-0.39, 0.29) is 33.4 Å². The molecule has 4 rings (SSSR count). The molecule has 13 heteroatoms. The van der Waals surface area contributed by atoms with Gasteiger partial charge in [-0.15, -0.1) is 0 Å². The van der Waals surface area contributed by atoms with Gasteiger partial charge in [0.05, 0.1) is 5.56 Å². The SMILES string of the molecule is O=C(Nc1cccc(-c2nc3ccc(C(F)(C(F)(F)F)C(F)(F)F)cc3o2)c1)c1ccc(Cl)nc1. The molecular weight excluding hydrogens is 507 g/mol. The normalized spacial score (nSPS) is 12.7. The summed E-state index contributed by atoms with van der Waals surface area (Å²) in [4.78, 5) is 20.2. The van der Waals surface area contributed by atoms with Crippen LogP contribution in [0.15, 0.2) is 65.2 Å². The van der Waals surface area contributed by atoms with Gasteiger partial charge in [0.25, 0.3) is 5.91 Å². The first kappa shape index (κ1) is 24.5. The van der Waals surface area contributed by atoms with Crippen molar-refractivity contribution in [2.45, 2.75) is 18.0 Å². The van der Waals surface area contributed by atoms with Gasteiger partial charge >= 0.3 is 18.0 Å². The number of aromatic nitrogens is 2. The van der Waals surface area contributed by atoms with Crippen LogP contribution in [0.4, 0.5) is 36.4 Å². The molecule has 0 aliphatic rings. The quantitative estimate of drug-likeness (QED) is 0.232. The minimum atomic E-state index is -6.26. The van der Waals surface area contributed by atoms with E-state index in [0.717, 1.165) is 6.07 Å². The highest BCUT2D eigenvalue weighted by Gasteiger charge is 2.73. The zero-order chi connectivity index (χ0) is 25.6. The largest absolute Gasteiger partial charge is 0.436 e. The Balaban J connectivity index is 1.66. The molecule has 1 N–H and O–H groups in total. The fourth-order valence-electron chi connectivity index (χ4n) is 3.19. The first-order chi connectivity index (χ1) is 16.3. The third kappa shape index (κ3) is 4.53. The van der Waals surface area contributed by atoms with Crippen LogP contribution in [0.5, 0.6) is 0 Å². The van der Waals surface area contributed by atoms with Crippen molar-refractivity contribution >= 4 is 34.3 Å². The van der Waals surface area contributed by atoms with Crippen molar-refractivity contribution in [1.82, 2.24) is 9.97 Å². The fraction of sp³-hybridized carbons (Fsp3) is 0.136. The van der Waals surface area contributed by atoms with Gasteiger partial charge in [-0.2, -0.15) is 26.3 Å². The number of hydrogen-bond acceptors (Lipinski definition) is 4. The minimum Gasteiger partial charge on any atom is -0.436 e. The number of carbonyl (C=O) groups excluding carboxylic acids is 1. The van der Waals surface area contributed by atoms with Gasteiger partial charge in [0, 0.05) is 23.0 Å². The lowest BCUT2D eigenvalue weighted by atomic mass is 9.94. The van der Waals surface area contributed by atoms with Crippen LogP contribution in [0.1, 0.15) is 15.9 Å². The number of carbonyl (C=O) groups is 1. The minimum absolute atomic E-state index is 0.0999. The van der Waals surface area contributed by atoms with E-state index in [2.05, 4.69) is 15.3 Å². The Hall–Kier alpha value is -3.67. The molecular formula is C22H11ClF7N3O2. The number of halogens is 8. The lowest BCUT2D eigenvalue weighted by molar-refractivity contribution is -0.348. The molecule has 5 nitrogen and oxygen atoms in total. The molecule has 4 aromatic rings. The van der Waals surface area contributed by atoms with Gasteiger partial charge in [0.15, 0.2) is 5.58 Å². The fourth-order valence-corrected chi connectivity index (χ4v) is 3.31. The number of anilines is 1. The summed E-state index contributed by atoms with van der Waals surface area (Å²) in [6, 6.07) is 10.2. The first-order valence-corrected chi connectivity index (χ1v) is 9.94. The number of fused-ring (bicyclic) bond motifs is 1. The summed E-state index contributed by atoms with van der Waals surface area (Å²) in [7, 11) is 0. The average Bonchev–Trinajstić information content (AvgIpc) is 3.21. The van der Waals surface area contributed by atoms with Gasteiger partial charge in [-0.1, -0.05) is 23.7 Å². The number of oxazole rings is 1. The Morgan fingerprint density at radius 2 is 1.63 bits per heavy atom. The summed E-state index contributed by atoms with van der Waals surface area (Å²) in [6.45, 7) is 0. The summed E-state index contributed by atoms with van der Waals surface area (Å²) in [6.07, 6.45) is -11.3. The predicted octanol–water partition coefficient (Wildman–Crippen LogP) is 7.08. The molecule has 182 valence electrons. The number of benzene rings is 2. The predicted molar refractivity (Wildman–Crippen MR) is 112 cm³/mol. The van der Waals surface area contributed by atoms with Crippen LogP contribution >= 0.6 is 11.6 Å². The number of hydrogen-bond donors (Lipinski definition) is 1. The van der Waals surface area contributed by atoms with E-state index in [1.807, 2.05) is 0 Å². The van der Waals surface area contributed by atoms with Crippen LogP contribution in [-0.2, 0) is 5.67 Å². The van der Waals surface area contributed by atoms with E-state index in [4.69, 9.17) is 16.0 Å². The van der Waals surface area contributed by atoms with Crippen molar-refractivity contribution in [3.63, 3.8) is 0 Å². The molecule has 0 fully saturated rings. The van der Waals surface area contributed by atoms with Crippen molar-refractivity contribution in [2.24, 2.45) is 0 Å². The summed E-state index contributed by atoms with van der Waals surface area (Å²) in [5.74, 6) is -0.697. The molecule has 0 bridgehead atoms. The van der Waals surface area contributed by atoms with Gasteiger partial charge in [-0.25, -0.2) is 14.4 Å². The number of nitrogens with zero attached hydrogens (tertiary/aromatic N) is 2. The van der Waals surface area contributed by atoms with Gasteiger partial charge in [-0.05, 0) is 42.5 Å². The Morgan fingerprint density at radius 3 is 2.26 bits per heavy atom. The highest BCUT2D eigenvalue weighted by Crippen LogP contribution is 2.53. The van der Waals surface area contributed by atoms with Crippen LogP contribution in [0.2, 0.25) is 5.15 Å². The molecule has 0 aliphatic heterocycles. The third-order valence-electron chi connectivity index (χ3n) is 4.92. The highest BCUT2D eigenvalue weighted by atomic mass is 35.5. The average molecular weight is 518 g/mol. The zero-order valence-electron chi connectivity index (χ0n) is 17.0. The van der Waals surface area contributed by atoms with Crippen molar-refractivity contribution < 1.29 is 39.9 Å². The van der Waals surface area contributed by atoms with Crippen molar-refractivity contribution in [1.29, 1.82) is 0 Å². The van der Waals surface area contributed by atoms with E-state index in [0.29, 0.717) is 12.1 Å². The van der Waals surface area contributed by atoms with Gasteiger partial charge < -0.3 is 9.73 Å². The molecule has 35 heavy (non-hydrogen) atoms. The monoisotopic (exact) mass is 517 g/mol. The summed E-state index contributed by atoms with van der Waals surface area (Å²) in [5.41, 5.74) is -7.15. The lowest BCUT2D eigenvalue weighted by Crippen LogP contribution is -2.50. The molecule has 0 spiro atoms. The molecule has 0 saturated heterocycles. The first-order valence-electron chi connectivity index (χ1n) is 9.56. The lowest BCUT2D eigenvalue weighted by Gasteiger charge is -2.30. The standard InChI is InChI=1S/C22H11ClF7N3O2/c23-17-7-4-12(10-31-17)18(34)32-14-3-1-2-11(8-14)19-33-15-6-5-13(9-16(15)35-19)20(24,21(25,26)27)22(28,29)30/h1-10H,(H,32,34). The van der Waals surface area contributed by atoms with Crippen LogP contribution in [0, 0.1) is 0 Å². The molecule has 0 saturated carbocycles. The number of nitrogens with one attached hydrogen (secondary N) is 1. The van der Waals surface area contributed by atoms with E-state index < -0.39 is 35.1 Å². The molecule has 0 radical (unpaired) electrons. The molecule has 0 unspecified atom stereocenters. The van der Waals surface area contributed by atoms with Gasteiger partial charge in [0.1, 0.15) is 10.7 Å². The Labute approximate surface area is 196 Å². The molecule has 2 aromatic carbocycles. The summed E-state index contributed by atoms with van der Waals surface area (Å²) >= 11 is 5.69. The number of pyridine rings is 1. The highest BCUT2D eigenvalue weighted by molar-refractivity contribution is 6.29. The summed E-state index contributed by atoms with van der Waals surface area (Å²) < 4.78 is 98.1. The molecule has 0 atom stereocenters. The zero-order valence-corrected chi connectivity index (χ0v) is 17.8. The maximum absolute atomic E-state index is 14.4. The maximum atomic E-state index is 14.4. The molecule has 2 heterocycles. The number of rotatable bonds is 4. The Bertz CT molecular complexity index is 1380. The topological polar surface area (TPSA) is 68.0 Å². The maximum Gasteiger partial charge on any atom is 0.435 e. The smallest absolute Gasteiger partial charge is 0.435 e. The van der Waals surface area contributed by atoms with Crippen LogP contribution < -0.4 is 5.32 Å². The second-order valence-electron chi connectivity index (χ2n) is 7.26.